The van der Waals surface area contributed by atoms with E-state index in [1.54, 1.807) is 12.4 Å². The van der Waals surface area contributed by atoms with Crippen LogP contribution in [0.25, 0.3) is 10.9 Å². The van der Waals surface area contributed by atoms with E-state index in [-0.39, 0.29) is 6.03 Å². The second kappa shape index (κ2) is 6.35. The van der Waals surface area contributed by atoms with Crippen LogP contribution in [0.15, 0.2) is 55.0 Å². The fraction of sp³-hybridized carbons (Fsp3) is 0.263. The molecule has 0 spiro atoms. The Morgan fingerprint density at radius 3 is 2.79 bits per heavy atom. The van der Waals surface area contributed by atoms with Crippen molar-refractivity contribution in [3.05, 3.63) is 60.6 Å². The summed E-state index contributed by atoms with van der Waals surface area (Å²) < 4.78 is 0. The van der Waals surface area contributed by atoms with Gasteiger partial charge in [0.05, 0.1) is 11.9 Å². The number of aromatic amines is 1. The fourth-order valence-electron chi connectivity index (χ4n) is 3.46. The van der Waals surface area contributed by atoms with Crippen LogP contribution in [0.2, 0.25) is 0 Å². The van der Waals surface area contributed by atoms with E-state index < -0.39 is 0 Å². The van der Waals surface area contributed by atoms with Crippen LogP contribution in [0.5, 0.6) is 0 Å². The molecule has 5 heteroatoms. The summed E-state index contributed by atoms with van der Waals surface area (Å²) in [4.78, 5) is 21.6. The number of benzene rings is 1. The Hall–Kier alpha value is -2.82. The Morgan fingerprint density at radius 1 is 1.17 bits per heavy atom. The molecule has 1 aromatic carbocycles. The Bertz CT molecular complexity index is 835. The van der Waals surface area contributed by atoms with Crippen LogP contribution in [0.1, 0.15) is 24.3 Å². The topological polar surface area (TPSA) is 61.0 Å². The number of piperidine rings is 1. The first-order valence-electron chi connectivity index (χ1n) is 8.33. The maximum atomic E-state index is 12.4. The summed E-state index contributed by atoms with van der Waals surface area (Å²) in [6, 6.07) is 12.0. The molecule has 1 saturated heterocycles. The maximum Gasteiger partial charge on any atom is 0.321 e. The average Bonchev–Trinajstić information content (AvgIpc) is 3.07. The number of aromatic nitrogens is 2. The van der Waals surface area contributed by atoms with Crippen molar-refractivity contribution >= 4 is 22.6 Å². The second-order valence-electron chi connectivity index (χ2n) is 6.22. The first-order valence-corrected chi connectivity index (χ1v) is 8.33. The van der Waals surface area contributed by atoms with Gasteiger partial charge in [0.25, 0.3) is 0 Å². The van der Waals surface area contributed by atoms with E-state index in [4.69, 9.17) is 0 Å². The predicted molar refractivity (Wildman–Crippen MR) is 95.1 cm³/mol. The van der Waals surface area contributed by atoms with E-state index in [0.717, 1.165) is 31.6 Å². The third kappa shape index (κ3) is 2.85. The van der Waals surface area contributed by atoms with Crippen molar-refractivity contribution in [1.29, 1.82) is 0 Å². The molecule has 2 aromatic heterocycles. The molecule has 1 aliphatic heterocycles. The van der Waals surface area contributed by atoms with Crippen LogP contribution >= 0.6 is 0 Å². The van der Waals surface area contributed by atoms with Gasteiger partial charge in [-0.2, -0.15) is 0 Å². The van der Waals surface area contributed by atoms with Crippen molar-refractivity contribution in [2.24, 2.45) is 0 Å². The molecule has 122 valence electrons. The molecule has 5 nitrogen and oxygen atoms in total. The summed E-state index contributed by atoms with van der Waals surface area (Å²) in [5.41, 5.74) is 3.29. The van der Waals surface area contributed by atoms with Crippen molar-refractivity contribution < 1.29 is 4.79 Å². The number of H-pyrrole nitrogens is 1. The van der Waals surface area contributed by atoms with E-state index in [0.29, 0.717) is 5.92 Å². The molecule has 1 fully saturated rings. The van der Waals surface area contributed by atoms with Gasteiger partial charge in [-0.1, -0.05) is 18.2 Å². The van der Waals surface area contributed by atoms with Gasteiger partial charge in [0, 0.05) is 36.4 Å². The number of pyridine rings is 1. The van der Waals surface area contributed by atoms with E-state index in [1.807, 2.05) is 23.1 Å². The maximum absolute atomic E-state index is 12.4. The molecule has 3 heterocycles. The Labute approximate surface area is 140 Å². The number of rotatable bonds is 2. The van der Waals surface area contributed by atoms with Gasteiger partial charge in [0.15, 0.2) is 0 Å². The highest BCUT2D eigenvalue weighted by atomic mass is 16.2. The lowest BCUT2D eigenvalue weighted by Crippen LogP contribution is -2.40. The number of hydrogen-bond acceptors (Lipinski definition) is 2. The number of likely N-dealkylation sites (tertiary alicyclic amines) is 1. The lowest BCUT2D eigenvalue weighted by atomic mass is 9.89. The zero-order valence-electron chi connectivity index (χ0n) is 13.4. The Morgan fingerprint density at radius 2 is 2.00 bits per heavy atom. The number of urea groups is 1. The quantitative estimate of drug-likeness (QED) is 0.750. The van der Waals surface area contributed by atoms with E-state index in [2.05, 4.69) is 39.7 Å². The number of nitrogens with one attached hydrogen (secondary N) is 2. The summed E-state index contributed by atoms with van der Waals surface area (Å²) in [5, 5.41) is 4.21. The molecular weight excluding hydrogens is 300 g/mol. The van der Waals surface area contributed by atoms with Gasteiger partial charge in [0.2, 0.25) is 0 Å². The van der Waals surface area contributed by atoms with Gasteiger partial charge in [-0.15, -0.1) is 0 Å². The highest BCUT2D eigenvalue weighted by molar-refractivity contribution is 5.89. The molecule has 2 N–H and O–H groups in total. The summed E-state index contributed by atoms with van der Waals surface area (Å²) >= 11 is 0. The van der Waals surface area contributed by atoms with Crippen LogP contribution in [-0.2, 0) is 0 Å². The number of para-hydroxylation sites is 1. The van der Waals surface area contributed by atoms with Crippen LogP contribution in [0, 0.1) is 0 Å². The van der Waals surface area contributed by atoms with Crippen molar-refractivity contribution in [3.8, 4) is 0 Å². The number of carbonyl (C=O) groups is 1. The van der Waals surface area contributed by atoms with Crippen LogP contribution in [-0.4, -0.2) is 34.0 Å². The molecule has 0 aliphatic carbocycles. The molecule has 2 amide bonds. The van der Waals surface area contributed by atoms with Gasteiger partial charge < -0.3 is 15.2 Å². The van der Waals surface area contributed by atoms with Gasteiger partial charge in [0.1, 0.15) is 0 Å². The minimum atomic E-state index is -0.0413. The van der Waals surface area contributed by atoms with E-state index in [1.165, 1.54) is 16.5 Å². The zero-order valence-corrected chi connectivity index (χ0v) is 13.4. The third-order valence-corrected chi connectivity index (χ3v) is 4.76. The van der Waals surface area contributed by atoms with Crippen molar-refractivity contribution in [2.75, 3.05) is 18.4 Å². The first-order chi connectivity index (χ1) is 11.8. The third-order valence-electron chi connectivity index (χ3n) is 4.76. The van der Waals surface area contributed by atoms with Crippen LogP contribution in [0.4, 0.5) is 10.5 Å². The molecule has 0 unspecified atom stereocenters. The molecule has 0 atom stereocenters. The SMILES string of the molecule is O=C(Nc1cccnc1)N1CCC(c2c[nH]c3ccccc23)CC1. The predicted octanol–water partition coefficient (Wildman–Crippen LogP) is 3.97. The summed E-state index contributed by atoms with van der Waals surface area (Å²) in [5.74, 6) is 0.503. The van der Waals surface area contributed by atoms with Crippen molar-refractivity contribution in [2.45, 2.75) is 18.8 Å². The van der Waals surface area contributed by atoms with Gasteiger partial charge in [-0.05, 0) is 42.5 Å². The standard InChI is InChI=1S/C19H20N4O/c24-19(22-15-4-3-9-20-12-15)23-10-7-14(8-11-23)17-13-21-18-6-2-1-5-16(17)18/h1-6,9,12-14,21H,7-8,10-11H2,(H,22,24). The van der Waals surface area contributed by atoms with Crippen molar-refractivity contribution in [1.82, 2.24) is 14.9 Å². The number of amides is 2. The zero-order chi connectivity index (χ0) is 16.4. The Kier molecular flexibility index (Phi) is 3.91. The smallest absolute Gasteiger partial charge is 0.321 e. The summed E-state index contributed by atoms with van der Waals surface area (Å²) in [6.45, 7) is 1.55. The van der Waals surface area contributed by atoms with Crippen LogP contribution in [0.3, 0.4) is 0 Å². The van der Waals surface area contributed by atoms with Gasteiger partial charge in [-0.25, -0.2) is 4.79 Å². The summed E-state index contributed by atoms with van der Waals surface area (Å²) in [7, 11) is 0. The molecule has 3 aromatic rings. The molecule has 0 saturated carbocycles. The molecule has 1 aliphatic rings. The monoisotopic (exact) mass is 320 g/mol. The first kappa shape index (κ1) is 14.8. The fourth-order valence-corrected chi connectivity index (χ4v) is 3.46. The second-order valence-corrected chi connectivity index (χ2v) is 6.22. The number of hydrogen-bond donors (Lipinski definition) is 2. The molecular formula is C19H20N4O. The molecule has 4 rings (SSSR count). The molecule has 0 radical (unpaired) electrons. The van der Waals surface area contributed by atoms with Crippen molar-refractivity contribution in [3.63, 3.8) is 0 Å². The minimum Gasteiger partial charge on any atom is -0.361 e. The number of carbonyl (C=O) groups excluding carboxylic acids is 1. The molecule has 0 bridgehead atoms. The normalized spacial score (nSPS) is 15.6. The molecule has 24 heavy (non-hydrogen) atoms. The van der Waals surface area contributed by atoms with Gasteiger partial charge >= 0.3 is 6.03 Å². The van der Waals surface area contributed by atoms with E-state index >= 15 is 0 Å². The van der Waals surface area contributed by atoms with Gasteiger partial charge in [-0.3, -0.25) is 4.98 Å². The minimum absolute atomic E-state index is 0.0413. The lowest BCUT2D eigenvalue weighted by Gasteiger charge is -2.32. The van der Waals surface area contributed by atoms with Crippen LogP contribution < -0.4 is 5.32 Å². The Balaban J connectivity index is 1.41. The number of anilines is 1. The highest BCUT2D eigenvalue weighted by Crippen LogP contribution is 2.33. The summed E-state index contributed by atoms with van der Waals surface area (Å²) in [6.07, 6.45) is 7.46. The number of nitrogens with zero attached hydrogens (tertiary/aromatic N) is 2. The number of fused-ring (bicyclic) bond motifs is 1. The largest absolute Gasteiger partial charge is 0.361 e. The lowest BCUT2D eigenvalue weighted by molar-refractivity contribution is 0.195. The van der Waals surface area contributed by atoms with E-state index in [9.17, 15) is 4.79 Å². The average molecular weight is 320 g/mol. The highest BCUT2D eigenvalue weighted by Gasteiger charge is 2.25.